The zero-order valence-electron chi connectivity index (χ0n) is 43.1. The van der Waals surface area contributed by atoms with Crippen molar-refractivity contribution >= 4 is 23.9 Å². The van der Waals surface area contributed by atoms with E-state index in [1.54, 1.807) is 0 Å². The molecule has 2 atom stereocenters. The molecule has 0 aliphatic carbocycles. The van der Waals surface area contributed by atoms with Crippen molar-refractivity contribution in [2.45, 2.75) is 297 Å². The molecule has 9 heteroatoms. The maximum atomic E-state index is 14.3. The van der Waals surface area contributed by atoms with Crippen LogP contribution in [-0.4, -0.2) is 60.9 Å². The van der Waals surface area contributed by atoms with Gasteiger partial charge in [-0.05, 0) is 47.0 Å². The number of ether oxygens (including phenoxy) is 4. The number of hydrogen-bond donors (Lipinski definition) is 1. The largest absolute Gasteiger partial charge is 0.466 e. The number of nitrogens with one attached hydrogen (secondary N) is 1. The lowest BCUT2D eigenvalue weighted by molar-refractivity contribution is -0.177. The number of unbranched alkanes of at least 4 members (excludes halogenated alkanes) is 30. The molecule has 64 heavy (non-hydrogen) atoms. The third-order valence-corrected chi connectivity index (χ3v) is 13.0. The van der Waals surface area contributed by atoms with Crippen molar-refractivity contribution in [2.75, 3.05) is 19.8 Å². The number of carbonyl (C=O) groups excluding carboxylic acids is 4. The summed E-state index contributed by atoms with van der Waals surface area (Å²) in [6.07, 6.45) is 38.7. The van der Waals surface area contributed by atoms with Crippen molar-refractivity contribution in [2.24, 2.45) is 11.8 Å². The first-order chi connectivity index (χ1) is 30.9. The minimum Gasteiger partial charge on any atom is -0.466 e. The Labute approximate surface area is 394 Å². The summed E-state index contributed by atoms with van der Waals surface area (Å²) in [5, 5.41) is 3.61. The van der Waals surface area contributed by atoms with Crippen molar-refractivity contribution in [1.29, 1.82) is 0 Å². The molecule has 0 saturated carbocycles. The van der Waals surface area contributed by atoms with E-state index in [9.17, 15) is 19.2 Å². The van der Waals surface area contributed by atoms with Crippen LogP contribution in [0.5, 0.6) is 0 Å². The molecule has 0 aromatic heterocycles. The van der Waals surface area contributed by atoms with Crippen LogP contribution in [-0.2, 0) is 38.1 Å². The number of carbonyl (C=O) groups is 4. The first-order valence-electron chi connectivity index (χ1n) is 27.3. The van der Waals surface area contributed by atoms with E-state index in [0.29, 0.717) is 25.7 Å². The quantitative estimate of drug-likeness (QED) is 0.0276. The fraction of sp³-hybridized carbons (Fsp3) is 0.927. The van der Waals surface area contributed by atoms with Gasteiger partial charge in [-0.15, -0.1) is 0 Å². The summed E-state index contributed by atoms with van der Waals surface area (Å²) in [6, 6.07) is 0. The molecule has 0 aromatic rings. The third-order valence-electron chi connectivity index (χ3n) is 13.0. The molecule has 0 bridgehead atoms. The van der Waals surface area contributed by atoms with E-state index in [0.717, 1.165) is 57.8 Å². The van der Waals surface area contributed by atoms with Gasteiger partial charge in [0.15, 0.2) is 5.92 Å². The number of piperidine rings is 1. The predicted octanol–water partition coefficient (Wildman–Crippen LogP) is 15.0. The zero-order chi connectivity index (χ0) is 47.2. The third kappa shape index (κ3) is 32.5. The van der Waals surface area contributed by atoms with Gasteiger partial charge < -0.3 is 24.3 Å². The lowest BCUT2D eigenvalue weighted by Gasteiger charge is -2.46. The van der Waals surface area contributed by atoms with Crippen LogP contribution in [0.3, 0.4) is 0 Å². The number of hydrogen-bond acceptors (Lipinski definition) is 9. The molecule has 0 aromatic carbocycles. The maximum Gasteiger partial charge on any atom is 0.321 e. The fourth-order valence-electron chi connectivity index (χ4n) is 9.58. The molecule has 2 unspecified atom stereocenters. The van der Waals surface area contributed by atoms with Crippen LogP contribution in [0.15, 0.2) is 0 Å². The predicted molar refractivity (Wildman–Crippen MR) is 264 cm³/mol. The van der Waals surface area contributed by atoms with E-state index in [-0.39, 0.29) is 30.9 Å². The van der Waals surface area contributed by atoms with Crippen LogP contribution < -0.4 is 5.32 Å². The molecular formula is C55H103NO8. The highest BCUT2D eigenvalue weighted by molar-refractivity contribution is 6.00. The SMILES string of the molecule is CCCCCCCCCCCCCOC(=O)CC(C(=O)OCCCCCCCCCCCCC)C(C(=O)OCCCCCCCCCCCCC)C(=O)OC1CC(C)(C)NC(C)(C)C1. The van der Waals surface area contributed by atoms with Crippen LogP contribution >= 0.6 is 0 Å². The summed E-state index contributed by atoms with van der Waals surface area (Å²) in [5.41, 5.74) is -0.633. The minimum atomic E-state index is -1.63. The standard InChI is InChI=1S/C55H103NO8/c1-8-11-14-17-20-23-26-29-32-35-38-41-61-49(57)44-48(51(58)62-42-39-36-33-30-27-24-21-18-15-12-9-2)50(53(60)64-47-45-54(4,5)56-55(6,7)46-47)52(59)63-43-40-37-34-31-28-25-22-19-16-13-10-3/h47-48,50,56H,8-46H2,1-7H3. The van der Waals surface area contributed by atoms with Gasteiger partial charge in [0.2, 0.25) is 0 Å². The highest BCUT2D eigenvalue weighted by Gasteiger charge is 2.47. The second kappa shape index (κ2) is 38.9. The van der Waals surface area contributed by atoms with Gasteiger partial charge in [-0.25, -0.2) is 0 Å². The summed E-state index contributed by atoms with van der Waals surface area (Å²) < 4.78 is 23.3. The molecular weight excluding hydrogens is 803 g/mol. The molecule has 1 heterocycles. The van der Waals surface area contributed by atoms with E-state index in [1.807, 2.05) is 0 Å². The maximum absolute atomic E-state index is 14.3. The molecule has 0 radical (unpaired) electrons. The zero-order valence-corrected chi connectivity index (χ0v) is 43.1. The van der Waals surface area contributed by atoms with E-state index >= 15 is 0 Å². The Kier molecular flexibility index (Phi) is 36.4. The van der Waals surface area contributed by atoms with Crippen molar-refractivity contribution < 1.29 is 38.1 Å². The van der Waals surface area contributed by atoms with Gasteiger partial charge in [0.25, 0.3) is 0 Å². The van der Waals surface area contributed by atoms with Gasteiger partial charge in [-0.1, -0.05) is 213 Å². The van der Waals surface area contributed by atoms with Crippen LogP contribution in [0, 0.1) is 11.8 Å². The van der Waals surface area contributed by atoms with Crippen LogP contribution in [0.25, 0.3) is 0 Å². The highest BCUT2D eigenvalue weighted by atomic mass is 16.6. The monoisotopic (exact) mass is 906 g/mol. The van der Waals surface area contributed by atoms with Gasteiger partial charge in [0.1, 0.15) is 6.10 Å². The van der Waals surface area contributed by atoms with E-state index in [2.05, 4.69) is 53.8 Å². The average Bonchev–Trinajstić information content (AvgIpc) is 3.23. The molecule has 0 amide bonds. The van der Waals surface area contributed by atoms with Crippen LogP contribution in [0.2, 0.25) is 0 Å². The Bertz CT molecular complexity index is 1150. The van der Waals surface area contributed by atoms with Crippen LogP contribution in [0.4, 0.5) is 0 Å². The number of esters is 4. The van der Waals surface area contributed by atoms with Crippen LogP contribution in [0.1, 0.15) is 280 Å². The molecule has 1 N–H and O–H groups in total. The second-order valence-electron chi connectivity index (χ2n) is 20.8. The molecule has 1 saturated heterocycles. The smallest absolute Gasteiger partial charge is 0.321 e. The summed E-state index contributed by atoms with van der Waals surface area (Å²) in [7, 11) is 0. The average molecular weight is 906 g/mol. The Hall–Kier alpha value is -2.16. The molecule has 1 fully saturated rings. The molecule has 376 valence electrons. The summed E-state index contributed by atoms with van der Waals surface area (Å²) in [4.78, 5) is 55.8. The van der Waals surface area contributed by atoms with Gasteiger partial charge in [-0.3, -0.25) is 19.2 Å². The highest BCUT2D eigenvalue weighted by Crippen LogP contribution is 2.32. The summed E-state index contributed by atoms with van der Waals surface area (Å²) in [6.45, 7) is 15.5. The first-order valence-corrected chi connectivity index (χ1v) is 27.3. The molecule has 9 nitrogen and oxygen atoms in total. The topological polar surface area (TPSA) is 117 Å². The molecule has 1 rings (SSSR count). The lowest BCUT2D eigenvalue weighted by atomic mass is 9.81. The lowest BCUT2D eigenvalue weighted by Crippen LogP contribution is -2.60. The minimum absolute atomic E-state index is 0.136. The van der Waals surface area contributed by atoms with Crippen molar-refractivity contribution in [3.05, 3.63) is 0 Å². The molecule has 1 aliphatic heterocycles. The fourth-order valence-corrected chi connectivity index (χ4v) is 9.58. The van der Waals surface area contributed by atoms with Gasteiger partial charge in [-0.2, -0.15) is 0 Å². The molecule has 1 aliphatic rings. The molecule has 0 spiro atoms. The van der Waals surface area contributed by atoms with Gasteiger partial charge in [0.05, 0.1) is 32.2 Å². The Morgan fingerprint density at radius 1 is 0.422 bits per heavy atom. The van der Waals surface area contributed by atoms with E-state index in [1.165, 1.54) is 141 Å². The van der Waals surface area contributed by atoms with E-state index in [4.69, 9.17) is 18.9 Å². The van der Waals surface area contributed by atoms with Crippen molar-refractivity contribution in [3.8, 4) is 0 Å². The Morgan fingerprint density at radius 2 is 0.719 bits per heavy atom. The summed E-state index contributed by atoms with van der Waals surface area (Å²) in [5.74, 6) is -6.08. The second-order valence-corrected chi connectivity index (χ2v) is 20.8. The normalized spacial score (nSPS) is 15.7. The van der Waals surface area contributed by atoms with E-state index < -0.39 is 48.2 Å². The Morgan fingerprint density at radius 3 is 1.06 bits per heavy atom. The van der Waals surface area contributed by atoms with Crippen molar-refractivity contribution in [1.82, 2.24) is 5.32 Å². The van der Waals surface area contributed by atoms with Gasteiger partial charge in [0, 0.05) is 23.9 Å². The van der Waals surface area contributed by atoms with Crippen molar-refractivity contribution in [3.63, 3.8) is 0 Å². The summed E-state index contributed by atoms with van der Waals surface area (Å²) >= 11 is 0. The Balaban J connectivity index is 2.96. The van der Waals surface area contributed by atoms with Gasteiger partial charge >= 0.3 is 23.9 Å². The first kappa shape index (κ1) is 59.9. The number of rotatable bonds is 43.